The fraction of sp³-hybridized carbons (Fsp3) is 0.304. The number of benzene rings is 2. The van der Waals surface area contributed by atoms with E-state index in [4.69, 9.17) is 4.74 Å². The highest BCUT2D eigenvalue weighted by Crippen LogP contribution is 2.26. The van der Waals surface area contributed by atoms with Gasteiger partial charge in [-0.15, -0.1) is 0 Å². The number of rotatable bonds is 4. The number of nitrogens with zero attached hydrogens (tertiary/aromatic N) is 3. The first kappa shape index (κ1) is 18.3. The van der Waals surface area contributed by atoms with Crippen LogP contribution in [0.25, 0.3) is 10.8 Å². The average molecular weight is 375 g/mol. The number of hydrogen-bond donors (Lipinski definition) is 0. The molecule has 0 radical (unpaired) electrons. The molecule has 144 valence electrons. The number of piperazine rings is 1. The Hall–Kier alpha value is -3.08. The van der Waals surface area contributed by atoms with Crippen LogP contribution in [-0.2, 0) is 4.79 Å². The molecule has 28 heavy (non-hydrogen) atoms. The summed E-state index contributed by atoms with van der Waals surface area (Å²) in [6, 6.07) is 18.2. The maximum Gasteiger partial charge on any atom is 0.229 e. The number of pyridine rings is 1. The lowest BCUT2D eigenvalue weighted by molar-refractivity contribution is -0.132. The maximum absolute atomic E-state index is 13.1. The highest BCUT2D eigenvalue weighted by Gasteiger charge is 2.26. The van der Waals surface area contributed by atoms with Gasteiger partial charge in [0, 0.05) is 32.4 Å². The maximum atomic E-state index is 13.1. The molecule has 4 rings (SSSR count). The molecule has 2 aromatic carbocycles. The zero-order valence-corrected chi connectivity index (χ0v) is 16.3. The quantitative estimate of drug-likeness (QED) is 0.698. The van der Waals surface area contributed by atoms with Crippen LogP contribution in [0.4, 0.5) is 5.82 Å². The van der Waals surface area contributed by atoms with E-state index < -0.39 is 0 Å². The van der Waals surface area contributed by atoms with Crippen molar-refractivity contribution in [2.75, 3.05) is 38.2 Å². The van der Waals surface area contributed by atoms with Crippen molar-refractivity contribution in [1.82, 2.24) is 9.88 Å². The van der Waals surface area contributed by atoms with Gasteiger partial charge in [-0.3, -0.25) is 4.79 Å². The van der Waals surface area contributed by atoms with E-state index in [9.17, 15) is 4.79 Å². The number of aromatic nitrogens is 1. The van der Waals surface area contributed by atoms with Crippen molar-refractivity contribution in [3.8, 4) is 5.75 Å². The SMILES string of the molecule is COc1ccc2cc([C@H](C)C(=O)N3CCN(c4ccccn4)CC3)ccc2c1. The molecule has 0 saturated carbocycles. The number of hydrogen-bond acceptors (Lipinski definition) is 4. The van der Waals surface area contributed by atoms with Gasteiger partial charge in [0.1, 0.15) is 11.6 Å². The topological polar surface area (TPSA) is 45.7 Å². The third-order valence-corrected chi connectivity index (χ3v) is 5.51. The number of ether oxygens (including phenoxy) is 1. The van der Waals surface area contributed by atoms with Gasteiger partial charge in [-0.25, -0.2) is 4.98 Å². The molecule has 1 atom stereocenters. The summed E-state index contributed by atoms with van der Waals surface area (Å²) >= 11 is 0. The monoisotopic (exact) mass is 375 g/mol. The molecule has 0 bridgehead atoms. The summed E-state index contributed by atoms with van der Waals surface area (Å²) in [6.07, 6.45) is 1.81. The number of anilines is 1. The first-order valence-corrected chi connectivity index (χ1v) is 9.68. The molecule has 5 nitrogen and oxygen atoms in total. The van der Waals surface area contributed by atoms with Crippen LogP contribution in [0.2, 0.25) is 0 Å². The molecule has 0 spiro atoms. The summed E-state index contributed by atoms with van der Waals surface area (Å²) in [7, 11) is 1.67. The van der Waals surface area contributed by atoms with Gasteiger partial charge in [-0.05, 0) is 47.5 Å². The molecule has 0 aliphatic carbocycles. The van der Waals surface area contributed by atoms with E-state index in [0.717, 1.165) is 54.1 Å². The van der Waals surface area contributed by atoms with Crippen LogP contribution in [-0.4, -0.2) is 49.1 Å². The summed E-state index contributed by atoms with van der Waals surface area (Å²) in [5.74, 6) is 1.85. The molecule has 1 aromatic heterocycles. The van der Waals surface area contributed by atoms with E-state index in [-0.39, 0.29) is 11.8 Å². The van der Waals surface area contributed by atoms with E-state index in [1.165, 1.54) is 0 Å². The van der Waals surface area contributed by atoms with E-state index in [0.29, 0.717) is 0 Å². The van der Waals surface area contributed by atoms with Gasteiger partial charge in [-0.1, -0.05) is 30.3 Å². The standard InChI is InChI=1S/C23H25N3O2/c1-17(18-6-7-20-16-21(28-2)9-8-19(20)15-18)23(27)26-13-11-25(12-14-26)22-5-3-4-10-24-22/h3-10,15-17H,11-14H2,1-2H3/t17-/m0/s1. The van der Waals surface area contributed by atoms with Crippen molar-refractivity contribution < 1.29 is 9.53 Å². The van der Waals surface area contributed by atoms with Crippen LogP contribution >= 0.6 is 0 Å². The fourth-order valence-corrected chi connectivity index (χ4v) is 3.75. The van der Waals surface area contributed by atoms with Crippen molar-refractivity contribution >= 4 is 22.5 Å². The van der Waals surface area contributed by atoms with E-state index in [1.807, 2.05) is 54.4 Å². The molecule has 1 fully saturated rings. The number of amides is 1. The van der Waals surface area contributed by atoms with Gasteiger partial charge in [-0.2, -0.15) is 0 Å². The zero-order valence-electron chi connectivity index (χ0n) is 16.3. The van der Waals surface area contributed by atoms with Crippen molar-refractivity contribution in [3.05, 3.63) is 66.4 Å². The molecule has 1 aliphatic rings. The third kappa shape index (κ3) is 3.65. The number of methoxy groups -OCH3 is 1. The number of fused-ring (bicyclic) bond motifs is 1. The molecule has 2 heterocycles. The Morgan fingerprint density at radius 1 is 1.00 bits per heavy atom. The second kappa shape index (κ2) is 7.89. The zero-order chi connectivity index (χ0) is 19.5. The predicted molar refractivity (Wildman–Crippen MR) is 112 cm³/mol. The van der Waals surface area contributed by atoms with Gasteiger partial charge >= 0.3 is 0 Å². The van der Waals surface area contributed by atoms with Crippen LogP contribution in [0.3, 0.4) is 0 Å². The number of carbonyl (C=O) groups is 1. The van der Waals surface area contributed by atoms with Gasteiger partial charge < -0.3 is 14.5 Å². The lowest BCUT2D eigenvalue weighted by Crippen LogP contribution is -2.50. The lowest BCUT2D eigenvalue weighted by Gasteiger charge is -2.36. The highest BCUT2D eigenvalue weighted by molar-refractivity contribution is 5.88. The molecule has 1 amide bonds. The third-order valence-electron chi connectivity index (χ3n) is 5.51. The Morgan fingerprint density at radius 3 is 2.46 bits per heavy atom. The van der Waals surface area contributed by atoms with Crippen molar-refractivity contribution in [1.29, 1.82) is 0 Å². The summed E-state index contributed by atoms with van der Waals surface area (Å²) in [5, 5.41) is 2.24. The summed E-state index contributed by atoms with van der Waals surface area (Å²) in [5.41, 5.74) is 1.05. The molecular weight excluding hydrogens is 350 g/mol. The lowest BCUT2D eigenvalue weighted by atomic mass is 9.96. The molecule has 5 heteroatoms. The minimum absolute atomic E-state index is 0.159. The second-order valence-corrected chi connectivity index (χ2v) is 7.19. The molecule has 1 saturated heterocycles. The summed E-state index contributed by atoms with van der Waals surface area (Å²) < 4.78 is 5.29. The van der Waals surface area contributed by atoms with Crippen LogP contribution in [0.1, 0.15) is 18.4 Å². The van der Waals surface area contributed by atoms with Crippen LogP contribution in [0.15, 0.2) is 60.8 Å². The Kier molecular flexibility index (Phi) is 5.15. The fourth-order valence-electron chi connectivity index (χ4n) is 3.75. The Balaban J connectivity index is 1.44. The number of carbonyl (C=O) groups excluding carboxylic acids is 1. The molecule has 0 unspecified atom stereocenters. The minimum atomic E-state index is -0.159. The van der Waals surface area contributed by atoms with Gasteiger partial charge in [0.25, 0.3) is 0 Å². The van der Waals surface area contributed by atoms with Crippen molar-refractivity contribution in [2.45, 2.75) is 12.8 Å². The first-order valence-electron chi connectivity index (χ1n) is 9.68. The van der Waals surface area contributed by atoms with Gasteiger partial charge in [0.15, 0.2) is 0 Å². The average Bonchev–Trinajstić information content (AvgIpc) is 2.78. The van der Waals surface area contributed by atoms with E-state index in [1.54, 1.807) is 7.11 Å². The smallest absolute Gasteiger partial charge is 0.229 e. The summed E-state index contributed by atoms with van der Waals surface area (Å²) in [6.45, 7) is 5.08. The minimum Gasteiger partial charge on any atom is -0.497 e. The molecule has 0 N–H and O–H groups in total. The van der Waals surface area contributed by atoms with Crippen molar-refractivity contribution in [3.63, 3.8) is 0 Å². The molecular formula is C23H25N3O2. The van der Waals surface area contributed by atoms with Crippen LogP contribution < -0.4 is 9.64 Å². The summed E-state index contributed by atoms with van der Waals surface area (Å²) in [4.78, 5) is 21.7. The first-order chi connectivity index (χ1) is 13.7. The molecule has 3 aromatic rings. The van der Waals surface area contributed by atoms with E-state index in [2.05, 4.69) is 28.1 Å². The van der Waals surface area contributed by atoms with Crippen LogP contribution in [0, 0.1) is 0 Å². The largest absolute Gasteiger partial charge is 0.497 e. The van der Waals surface area contributed by atoms with Gasteiger partial charge in [0.05, 0.1) is 13.0 Å². The normalized spacial score (nSPS) is 15.5. The Labute approximate surface area is 165 Å². The Morgan fingerprint density at radius 2 is 1.75 bits per heavy atom. The Bertz CT molecular complexity index is 966. The predicted octanol–water partition coefficient (Wildman–Crippen LogP) is 3.70. The van der Waals surface area contributed by atoms with Crippen LogP contribution in [0.5, 0.6) is 5.75 Å². The van der Waals surface area contributed by atoms with Crippen molar-refractivity contribution in [2.24, 2.45) is 0 Å². The molecule has 1 aliphatic heterocycles. The second-order valence-electron chi connectivity index (χ2n) is 7.19. The van der Waals surface area contributed by atoms with E-state index >= 15 is 0 Å². The van der Waals surface area contributed by atoms with Gasteiger partial charge in [0.2, 0.25) is 5.91 Å². The highest BCUT2D eigenvalue weighted by atomic mass is 16.5.